The highest BCUT2D eigenvalue weighted by Crippen LogP contribution is 2.24. The minimum Gasteiger partial charge on any atom is -0.505 e. The number of aromatic hydroxyl groups is 1. The van der Waals surface area contributed by atoms with Gasteiger partial charge in [-0.3, -0.25) is 14.4 Å². The van der Waals surface area contributed by atoms with E-state index in [2.05, 4.69) is 27.5 Å². The summed E-state index contributed by atoms with van der Waals surface area (Å²) < 4.78 is 19.7. The van der Waals surface area contributed by atoms with Gasteiger partial charge in [0.1, 0.15) is 17.8 Å². The van der Waals surface area contributed by atoms with Gasteiger partial charge in [0.25, 0.3) is 5.91 Å². The van der Waals surface area contributed by atoms with Gasteiger partial charge in [0, 0.05) is 35.5 Å². The van der Waals surface area contributed by atoms with E-state index in [4.69, 9.17) is 4.74 Å². The van der Waals surface area contributed by atoms with Crippen molar-refractivity contribution >= 4 is 17.8 Å². The smallest absolute Gasteiger partial charge is 0.325 e. The number of hydrogen-bond donors (Lipinski definition) is 4. The van der Waals surface area contributed by atoms with Gasteiger partial charge in [-0.1, -0.05) is 69.0 Å². The number of hydrogen-bond acceptors (Lipinski definition) is 7. The van der Waals surface area contributed by atoms with Crippen LogP contribution in [0.2, 0.25) is 0 Å². The topological polar surface area (TPSA) is 151 Å². The van der Waals surface area contributed by atoms with Gasteiger partial charge >= 0.3 is 5.97 Å². The average molecular weight is 643 g/mol. The second kappa shape index (κ2) is 16.8. The number of amides is 2. The summed E-state index contributed by atoms with van der Waals surface area (Å²) in [6.45, 7) is 4.20. The highest BCUT2D eigenvalue weighted by Gasteiger charge is 2.25. The molecule has 1 aromatic heterocycles. The molecule has 4 N–H and O–H groups in total. The average Bonchev–Trinajstić information content (AvgIpc) is 3.07. The van der Waals surface area contributed by atoms with Crippen molar-refractivity contribution in [3.05, 3.63) is 96.1 Å². The van der Waals surface area contributed by atoms with Crippen molar-refractivity contribution in [2.75, 3.05) is 6.61 Å². The third-order valence-electron chi connectivity index (χ3n) is 7.57. The highest BCUT2D eigenvalue weighted by atomic mass is 19.1. The van der Waals surface area contributed by atoms with Gasteiger partial charge in [-0.05, 0) is 54.8 Å². The zero-order valence-corrected chi connectivity index (χ0v) is 26.4. The molecular formula is C36H39FN4O6. The molecule has 0 bridgehead atoms. The number of ether oxygens (including phenoxy) is 1. The molecule has 2 atom stereocenters. The van der Waals surface area contributed by atoms with Crippen LogP contribution in [0, 0.1) is 5.82 Å². The van der Waals surface area contributed by atoms with Crippen LogP contribution in [0.15, 0.2) is 79.1 Å². The predicted molar refractivity (Wildman–Crippen MR) is 175 cm³/mol. The van der Waals surface area contributed by atoms with Crippen molar-refractivity contribution in [3.63, 3.8) is 0 Å². The number of halogens is 1. The first kappa shape index (κ1) is 34.6. The fourth-order valence-electron chi connectivity index (χ4n) is 4.77. The SMILES string of the molecule is CCCCCCCOc1ccc(-c2cnc(-c3ccc(C[C@H](NC(=O)c4ccc(O)c(F)c4)C(=O)N[C@H](C)C(=O)O)cc3)nc2)cc1. The summed E-state index contributed by atoms with van der Waals surface area (Å²) in [4.78, 5) is 46.1. The van der Waals surface area contributed by atoms with Crippen LogP contribution < -0.4 is 15.4 Å². The maximum Gasteiger partial charge on any atom is 0.325 e. The van der Waals surface area contributed by atoms with E-state index < -0.39 is 41.4 Å². The molecule has 0 saturated heterocycles. The largest absolute Gasteiger partial charge is 0.505 e. The molecule has 246 valence electrons. The Morgan fingerprint density at radius 2 is 1.51 bits per heavy atom. The van der Waals surface area contributed by atoms with Gasteiger partial charge in [0.05, 0.1) is 6.61 Å². The number of carboxylic acids is 1. The molecule has 3 aromatic carbocycles. The van der Waals surface area contributed by atoms with Crippen LogP contribution in [0.4, 0.5) is 4.39 Å². The number of rotatable bonds is 16. The second-order valence-corrected chi connectivity index (χ2v) is 11.2. The number of phenolic OH excluding ortho intramolecular Hbond substituents is 1. The van der Waals surface area contributed by atoms with Crippen LogP contribution in [0.3, 0.4) is 0 Å². The Kier molecular flexibility index (Phi) is 12.4. The zero-order valence-electron chi connectivity index (χ0n) is 26.4. The number of nitrogens with zero attached hydrogens (tertiary/aromatic N) is 2. The molecule has 1 heterocycles. The van der Waals surface area contributed by atoms with Crippen molar-refractivity contribution in [3.8, 4) is 34.0 Å². The summed E-state index contributed by atoms with van der Waals surface area (Å²) in [6.07, 6.45) is 9.43. The van der Waals surface area contributed by atoms with Crippen LogP contribution in [0.1, 0.15) is 61.9 Å². The molecule has 0 aliphatic heterocycles. The van der Waals surface area contributed by atoms with Crippen molar-refractivity contribution in [1.82, 2.24) is 20.6 Å². The number of nitrogens with one attached hydrogen (secondary N) is 2. The molecule has 4 rings (SSSR count). The summed E-state index contributed by atoms with van der Waals surface area (Å²) >= 11 is 0. The molecule has 2 amide bonds. The minimum atomic E-state index is -1.24. The van der Waals surface area contributed by atoms with Gasteiger partial charge in [-0.25, -0.2) is 14.4 Å². The number of carbonyl (C=O) groups is 3. The molecule has 0 radical (unpaired) electrons. The Morgan fingerprint density at radius 1 is 0.851 bits per heavy atom. The monoisotopic (exact) mass is 642 g/mol. The lowest BCUT2D eigenvalue weighted by molar-refractivity contribution is -0.141. The number of phenols is 1. The van der Waals surface area contributed by atoms with E-state index in [1.165, 1.54) is 38.7 Å². The molecule has 10 nitrogen and oxygen atoms in total. The maximum atomic E-state index is 13.8. The lowest BCUT2D eigenvalue weighted by Gasteiger charge is -2.20. The Labute approximate surface area is 273 Å². The normalized spacial score (nSPS) is 12.1. The highest BCUT2D eigenvalue weighted by molar-refractivity contribution is 5.98. The lowest BCUT2D eigenvalue weighted by Crippen LogP contribution is -2.51. The summed E-state index contributed by atoms with van der Waals surface area (Å²) in [5.74, 6) is -3.02. The third kappa shape index (κ3) is 10.1. The second-order valence-electron chi connectivity index (χ2n) is 11.2. The summed E-state index contributed by atoms with van der Waals surface area (Å²) in [7, 11) is 0. The number of aliphatic carboxylic acids is 1. The summed E-state index contributed by atoms with van der Waals surface area (Å²) in [5.41, 5.74) is 3.09. The summed E-state index contributed by atoms with van der Waals surface area (Å²) in [6, 6.07) is 15.6. The molecule has 0 unspecified atom stereocenters. The van der Waals surface area contributed by atoms with E-state index >= 15 is 0 Å². The zero-order chi connectivity index (χ0) is 33.8. The van der Waals surface area contributed by atoms with E-state index in [-0.39, 0.29) is 12.0 Å². The van der Waals surface area contributed by atoms with Crippen LogP contribution in [-0.4, -0.2) is 56.7 Å². The fraction of sp³-hybridized carbons (Fsp3) is 0.306. The van der Waals surface area contributed by atoms with E-state index in [9.17, 15) is 29.0 Å². The number of unbranched alkanes of at least 4 members (excludes halogenated alkanes) is 4. The fourth-order valence-corrected chi connectivity index (χ4v) is 4.77. The van der Waals surface area contributed by atoms with Gasteiger partial charge in [0.15, 0.2) is 17.4 Å². The van der Waals surface area contributed by atoms with Gasteiger partial charge in [-0.15, -0.1) is 0 Å². The van der Waals surface area contributed by atoms with Crippen LogP contribution >= 0.6 is 0 Å². The molecule has 0 aliphatic carbocycles. The molecule has 4 aromatic rings. The molecule has 0 saturated carbocycles. The molecule has 0 fully saturated rings. The standard InChI is InChI=1S/C36H39FN4O6/c1-3-4-5-6-7-18-47-29-15-12-25(13-16-29)28-21-38-33(39-22-28)26-10-8-24(9-11-26)19-31(35(44)40-23(2)36(45)46)41-34(43)27-14-17-32(42)30(37)20-27/h8-17,20-23,31,42H,3-7,18-19H2,1-2H3,(H,40,44)(H,41,43)(H,45,46)/t23-,31+/m1/s1. The number of benzene rings is 3. The first-order valence-corrected chi connectivity index (χ1v) is 15.6. The number of carbonyl (C=O) groups excluding carboxylic acids is 2. The van der Waals surface area contributed by atoms with E-state index in [0.717, 1.165) is 41.0 Å². The molecule has 0 spiro atoms. The van der Waals surface area contributed by atoms with Crippen molar-refractivity contribution in [1.29, 1.82) is 0 Å². The van der Waals surface area contributed by atoms with E-state index in [1.54, 1.807) is 36.7 Å². The number of aromatic nitrogens is 2. The number of carboxylic acid groups (broad SMARTS) is 1. The Balaban J connectivity index is 1.40. The quantitative estimate of drug-likeness (QED) is 0.110. The predicted octanol–water partition coefficient (Wildman–Crippen LogP) is 5.93. The molecular weight excluding hydrogens is 603 g/mol. The van der Waals surface area contributed by atoms with Crippen LogP contribution in [-0.2, 0) is 16.0 Å². The first-order valence-electron chi connectivity index (χ1n) is 15.6. The summed E-state index contributed by atoms with van der Waals surface area (Å²) in [5, 5.41) is 23.5. The Hall–Kier alpha value is -5.32. The maximum absolute atomic E-state index is 13.8. The van der Waals surface area contributed by atoms with Crippen LogP contribution in [0.5, 0.6) is 11.5 Å². The van der Waals surface area contributed by atoms with E-state index in [1.807, 2.05) is 24.3 Å². The molecule has 11 heteroatoms. The molecule has 0 aliphatic rings. The Morgan fingerprint density at radius 3 is 2.15 bits per heavy atom. The van der Waals surface area contributed by atoms with E-state index in [0.29, 0.717) is 18.0 Å². The lowest BCUT2D eigenvalue weighted by atomic mass is 10.0. The van der Waals surface area contributed by atoms with Gasteiger partial charge < -0.3 is 25.6 Å². The van der Waals surface area contributed by atoms with Crippen molar-refractivity contribution in [2.24, 2.45) is 0 Å². The Bertz CT molecular complexity index is 1650. The van der Waals surface area contributed by atoms with Gasteiger partial charge in [-0.2, -0.15) is 0 Å². The van der Waals surface area contributed by atoms with Crippen molar-refractivity contribution in [2.45, 2.75) is 64.5 Å². The van der Waals surface area contributed by atoms with Crippen LogP contribution in [0.25, 0.3) is 22.5 Å². The van der Waals surface area contributed by atoms with Crippen molar-refractivity contribution < 1.29 is 33.7 Å². The minimum absolute atomic E-state index is 0.0170. The first-order chi connectivity index (χ1) is 22.6. The third-order valence-corrected chi connectivity index (χ3v) is 7.57. The van der Waals surface area contributed by atoms with Gasteiger partial charge in [0.2, 0.25) is 5.91 Å². The molecule has 47 heavy (non-hydrogen) atoms.